The van der Waals surface area contributed by atoms with Crippen LogP contribution in [0.5, 0.6) is 5.75 Å². The third-order valence-corrected chi connectivity index (χ3v) is 5.08. The van der Waals surface area contributed by atoms with Gasteiger partial charge in [0, 0.05) is 17.7 Å². The molecule has 0 saturated heterocycles. The van der Waals surface area contributed by atoms with E-state index in [2.05, 4.69) is 5.32 Å². The van der Waals surface area contributed by atoms with Crippen LogP contribution in [0, 0.1) is 12.7 Å². The summed E-state index contributed by atoms with van der Waals surface area (Å²) in [6.45, 7) is 3.94. The van der Waals surface area contributed by atoms with E-state index in [0.717, 1.165) is 29.0 Å². The lowest BCUT2D eigenvalue weighted by molar-refractivity contribution is -0.137. The van der Waals surface area contributed by atoms with Crippen LogP contribution in [0.25, 0.3) is 11.1 Å². The number of hydrogen-bond donors (Lipinski definition) is 1. The van der Waals surface area contributed by atoms with Gasteiger partial charge in [-0.1, -0.05) is 18.2 Å². The van der Waals surface area contributed by atoms with E-state index in [1.807, 2.05) is 25.1 Å². The number of amides is 1. The Morgan fingerprint density at radius 3 is 2.36 bits per heavy atom. The highest BCUT2D eigenvalue weighted by Gasteiger charge is 2.31. The third-order valence-electron chi connectivity index (χ3n) is 5.08. The van der Waals surface area contributed by atoms with Crippen molar-refractivity contribution < 1.29 is 31.9 Å². The molecule has 0 aliphatic carbocycles. The molecule has 0 fully saturated rings. The van der Waals surface area contributed by atoms with E-state index >= 15 is 0 Å². The molecule has 3 rings (SSSR count). The van der Waals surface area contributed by atoms with E-state index < -0.39 is 29.0 Å². The van der Waals surface area contributed by atoms with Gasteiger partial charge in [-0.25, -0.2) is 4.39 Å². The first-order chi connectivity index (χ1) is 15.6. The molecule has 33 heavy (non-hydrogen) atoms. The van der Waals surface area contributed by atoms with Gasteiger partial charge in [0.25, 0.3) is 5.91 Å². The minimum atomic E-state index is -4.71. The summed E-state index contributed by atoms with van der Waals surface area (Å²) in [6, 6.07) is 12.5. The fourth-order valence-corrected chi connectivity index (χ4v) is 3.29. The van der Waals surface area contributed by atoms with Gasteiger partial charge in [-0.3, -0.25) is 9.59 Å². The maximum Gasteiger partial charge on any atom is 0.416 e. The fraction of sp³-hybridized carbons (Fsp3) is 0.200. The van der Waals surface area contributed by atoms with Crippen LogP contribution < -0.4 is 10.1 Å². The molecule has 0 aliphatic rings. The first-order valence-corrected chi connectivity index (χ1v) is 10.1. The Hall–Kier alpha value is -3.68. The number of benzene rings is 3. The number of aldehydes is 1. The van der Waals surface area contributed by atoms with Gasteiger partial charge < -0.3 is 10.1 Å². The van der Waals surface area contributed by atoms with Crippen LogP contribution >= 0.6 is 0 Å². The van der Waals surface area contributed by atoms with Gasteiger partial charge >= 0.3 is 6.18 Å². The van der Waals surface area contributed by atoms with E-state index in [1.165, 1.54) is 0 Å². The van der Waals surface area contributed by atoms with E-state index in [4.69, 9.17) is 4.74 Å². The Balaban J connectivity index is 1.86. The van der Waals surface area contributed by atoms with Crippen LogP contribution in [0.1, 0.15) is 44.3 Å². The number of nitrogens with one attached hydrogen (secondary N) is 1. The van der Waals surface area contributed by atoms with Gasteiger partial charge in [0.1, 0.15) is 17.9 Å². The average Bonchev–Trinajstić information content (AvgIpc) is 2.78. The lowest BCUT2D eigenvalue weighted by Crippen LogP contribution is -2.24. The Morgan fingerprint density at radius 1 is 1.03 bits per heavy atom. The zero-order valence-electron chi connectivity index (χ0n) is 17.9. The molecule has 0 bridgehead atoms. The van der Waals surface area contributed by atoms with Crippen LogP contribution in [0.4, 0.5) is 17.6 Å². The number of aryl methyl sites for hydroxylation is 1. The highest BCUT2D eigenvalue weighted by atomic mass is 19.4. The van der Waals surface area contributed by atoms with E-state index in [-0.39, 0.29) is 6.54 Å². The van der Waals surface area contributed by atoms with Crippen molar-refractivity contribution in [3.8, 4) is 16.9 Å². The molecule has 172 valence electrons. The Kier molecular flexibility index (Phi) is 7.16. The molecule has 0 aromatic heterocycles. The molecule has 0 atom stereocenters. The minimum absolute atomic E-state index is 0.0468. The summed E-state index contributed by atoms with van der Waals surface area (Å²) in [5, 5.41) is 2.53. The number of carbonyl (C=O) groups excluding carboxylic acids is 2. The van der Waals surface area contributed by atoms with Crippen molar-refractivity contribution in [3.63, 3.8) is 0 Å². The normalized spacial score (nSPS) is 11.2. The Labute approximate surface area is 188 Å². The molecule has 4 nitrogen and oxygen atoms in total. The lowest BCUT2D eigenvalue weighted by atomic mass is 9.98. The number of alkyl halides is 3. The number of carbonyl (C=O) groups is 2. The second-order valence-electron chi connectivity index (χ2n) is 7.32. The van der Waals surface area contributed by atoms with Gasteiger partial charge in [-0.05, 0) is 66.9 Å². The van der Waals surface area contributed by atoms with Gasteiger partial charge in [-0.2, -0.15) is 13.2 Å². The number of halogens is 4. The SMILES string of the molecule is CCOc1ccc(-c2ccc(C)c(C=O)c2)cc1CNC(=O)c1ccc(C(F)(F)F)cc1F. The maximum atomic E-state index is 14.1. The molecule has 0 saturated carbocycles. The smallest absolute Gasteiger partial charge is 0.416 e. The van der Waals surface area contributed by atoms with Crippen molar-refractivity contribution in [2.45, 2.75) is 26.6 Å². The lowest BCUT2D eigenvalue weighted by Gasteiger charge is -2.14. The van der Waals surface area contributed by atoms with E-state index in [9.17, 15) is 27.2 Å². The molecule has 3 aromatic carbocycles. The second-order valence-corrected chi connectivity index (χ2v) is 7.32. The molecule has 1 N–H and O–H groups in total. The first-order valence-electron chi connectivity index (χ1n) is 10.1. The molecular formula is C25H21F4NO3. The quantitative estimate of drug-likeness (QED) is 0.350. The summed E-state index contributed by atoms with van der Waals surface area (Å²) >= 11 is 0. The summed E-state index contributed by atoms with van der Waals surface area (Å²) in [6.07, 6.45) is -3.94. The largest absolute Gasteiger partial charge is 0.494 e. The molecule has 0 radical (unpaired) electrons. The van der Waals surface area contributed by atoms with E-state index in [1.54, 1.807) is 25.1 Å². The molecular weight excluding hydrogens is 438 g/mol. The highest BCUT2D eigenvalue weighted by Crippen LogP contribution is 2.31. The average molecular weight is 459 g/mol. The predicted molar refractivity (Wildman–Crippen MR) is 116 cm³/mol. The standard InChI is InChI=1S/C25H21F4NO3/c1-3-33-23-9-6-17(16-5-4-15(2)19(11-16)14-31)10-18(23)13-30-24(32)21-8-7-20(12-22(21)26)25(27,28)29/h4-12,14H,3,13H2,1-2H3,(H,30,32). The molecule has 0 aliphatic heterocycles. The van der Waals surface area contributed by atoms with Crippen molar-refractivity contribution in [1.29, 1.82) is 0 Å². The Morgan fingerprint density at radius 2 is 1.73 bits per heavy atom. The minimum Gasteiger partial charge on any atom is -0.494 e. The summed E-state index contributed by atoms with van der Waals surface area (Å²) < 4.78 is 57.9. The van der Waals surface area contributed by atoms with Gasteiger partial charge in [0.15, 0.2) is 0 Å². The van der Waals surface area contributed by atoms with Gasteiger partial charge in [-0.15, -0.1) is 0 Å². The summed E-state index contributed by atoms with van der Waals surface area (Å²) in [4.78, 5) is 23.7. The maximum absolute atomic E-state index is 14.1. The summed E-state index contributed by atoms with van der Waals surface area (Å²) in [5.74, 6) is -1.62. The molecule has 0 unspecified atom stereocenters. The first kappa shape index (κ1) is 24.0. The van der Waals surface area contributed by atoms with Crippen LogP contribution in [-0.4, -0.2) is 18.8 Å². The fourth-order valence-electron chi connectivity index (χ4n) is 3.29. The highest BCUT2D eigenvalue weighted by molar-refractivity contribution is 5.94. The summed E-state index contributed by atoms with van der Waals surface area (Å²) in [7, 11) is 0. The number of hydrogen-bond acceptors (Lipinski definition) is 3. The van der Waals surface area contributed by atoms with Crippen LogP contribution in [0.2, 0.25) is 0 Å². The molecule has 0 spiro atoms. The van der Waals surface area contributed by atoms with Crippen molar-refractivity contribution in [1.82, 2.24) is 5.32 Å². The predicted octanol–water partition coefficient (Wildman–Crippen LogP) is 5.96. The number of ether oxygens (including phenoxy) is 1. The molecule has 0 heterocycles. The topological polar surface area (TPSA) is 55.4 Å². The van der Waals surface area contributed by atoms with Crippen molar-refractivity contribution in [2.24, 2.45) is 0 Å². The van der Waals surface area contributed by atoms with Crippen LogP contribution in [0.3, 0.4) is 0 Å². The zero-order chi connectivity index (χ0) is 24.2. The second kappa shape index (κ2) is 9.85. The van der Waals surface area contributed by atoms with Crippen LogP contribution in [-0.2, 0) is 12.7 Å². The summed E-state index contributed by atoms with van der Waals surface area (Å²) in [5.41, 5.74) is 1.86. The van der Waals surface area contributed by atoms with Crippen molar-refractivity contribution >= 4 is 12.2 Å². The van der Waals surface area contributed by atoms with Crippen molar-refractivity contribution in [2.75, 3.05) is 6.61 Å². The Bertz CT molecular complexity index is 1190. The van der Waals surface area contributed by atoms with Crippen molar-refractivity contribution in [3.05, 3.63) is 88.2 Å². The molecule has 3 aromatic rings. The number of rotatable bonds is 7. The molecule has 8 heteroatoms. The molecule has 1 amide bonds. The zero-order valence-corrected chi connectivity index (χ0v) is 17.9. The third kappa shape index (κ3) is 5.58. The van der Waals surface area contributed by atoms with Gasteiger partial charge in [0.2, 0.25) is 0 Å². The monoisotopic (exact) mass is 459 g/mol. The van der Waals surface area contributed by atoms with Gasteiger partial charge in [0.05, 0.1) is 17.7 Å². The van der Waals surface area contributed by atoms with E-state index in [0.29, 0.717) is 35.6 Å². The van der Waals surface area contributed by atoms with Crippen LogP contribution in [0.15, 0.2) is 54.6 Å².